The van der Waals surface area contributed by atoms with Crippen LogP contribution in [0.25, 0.3) is 0 Å². The van der Waals surface area contributed by atoms with Crippen molar-refractivity contribution in [3.63, 3.8) is 0 Å². The summed E-state index contributed by atoms with van der Waals surface area (Å²) in [5.74, 6) is 1.42. The van der Waals surface area contributed by atoms with Crippen LogP contribution in [0.5, 0.6) is 5.75 Å². The van der Waals surface area contributed by atoms with Crippen molar-refractivity contribution < 1.29 is 18.7 Å². The number of carbonyl (C=O) groups excluding carboxylic acids is 2. The van der Waals surface area contributed by atoms with Gasteiger partial charge in [0.2, 0.25) is 0 Å². The van der Waals surface area contributed by atoms with Crippen molar-refractivity contribution in [1.29, 1.82) is 0 Å². The molecule has 2 aliphatic rings. The van der Waals surface area contributed by atoms with Crippen molar-refractivity contribution in [1.82, 2.24) is 15.1 Å². The molecule has 3 amide bonds. The Morgan fingerprint density at radius 1 is 1.00 bits per heavy atom. The van der Waals surface area contributed by atoms with E-state index in [9.17, 15) is 9.59 Å². The maximum absolute atomic E-state index is 12.8. The molecule has 0 atom stereocenters. The van der Waals surface area contributed by atoms with Crippen LogP contribution in [0.1, 0.15) is 41.8 Å². The predicted octanol–water partition coefficient (Wildman–Crippen LogP) is 3.27. The fourth-order valence-corrected chi connectivity index (χ4v) is 3.88. The van der Waals surface area contributed by atoms with Crippen LogP contribution in [0.15, 0.2) is 47.1 Å². The number of nitrogens with zero attached hydrogens (tertiary/aromatic N) is 2. The normalized spacial score (nSPS) is 17.4. The number of furan rings is 1. The quantitative estimate of drug-likeness (QED) is 0.840. The average Bonchev–Trinajstić information content (AvgIpc) is 3.47. The first-order valence-corrected chi connectivity index (χ1v) is 10.3. The first-order chi connectivity index (χ1) is 14.2. The van der Waals surface area contributed by atoms with E-state index in [1.165, 1.54) is 0 Å². The largest absolute Gasteiger partial charge is 0.489 e. The van der Waals surface area contributed by atoms with E-state index in [1.807, 2.05) is 35.2 Å². The van der Waals surface area contributed by atoms with Crippen LogP contribution in [-0.4, -0.2) is 54.0 Å². The van der Waals surface area contributed by atoms with Crippen LogP contribution >= 0.6 is 0 Å². The molecule has 2 aliphatic heterocycles. The van der Waals surface area contributed by atoms with E-state index in [0.717, 1.165) is 44.5 Å². The fourth-order valence-electron chi connectivity index (χ4n) is 3.88. The van der Waals surface area contributed by atoms with Gasteiger partial charge in [-0.05, 0) is 37.1 Å². The van der Waals surface area contributed by atoms with Gasteiger partial charge in [0.25, 0.3) is 5.91 Å². The van der Waals surface area contributed by atoms with Crippen LogP contribution < -0.4 is 10.1 Å². The number of piperidine rings is 1. The summed E-state index contributed by atoms with van der Waals surface area (Å²) in [6, 6.07) is 11.0. The van der Waals surface area contributed by atoms with E-state index in [-0.39, 0.29) is 18.0 Å². The van der Waals surface area contributed by atoms with Gasteiger partial charge in [0.15, 0.2) is 0 Å². The van der Waals surface area contributed by atoms with E-state index in [1.54, 1.807) is 17.2 Å². The number of carbonyl (C=O) groups is 2. The fraction of sp³-hybridized carbons (Fsp3) is 0.455. The van der Waals surface area contributed by atoms with E-state index >= 15 is 0 Å². The molecule has 4 rings (SSSR count). The molecule has 29 heavy (non-hydrogen) atoms. The molecule has 0 aliphatic carbocycles. The summed E-state index contributed by atoms with van der Waals surface area (Å²) in [6.07, 6.45) is 5.19. The predicted molar refractivity (Wildman–Crippen MR) is 108 cm³/mol. The van der Waals surface area contributed by atoms with Crippen molar-refractivity contribution in [3.05, 3.63) is 54.0 Å². The minimum Gasteiger partial charge on any atom is -0.489 e. The molecule has 1 N–H and O–H groups in total. The van der Waals surface area contributed by atoms with Crippen molar-refractivity contribution in [2.75, 3.05) is 26.2 Å². The van der Waals surface area contributed by atoms with E-state index in [0.29, 0.717) is 30.9 Å². The lowest BCUT2D eigenvalue weighted by molar-refractivity contribution is 0.0776. The first kappa shape index (κ1) is 19.4. The Morgan fingerprint density at radius 3 is 2.48 bits per heavy atom. The Hall–Kier alpha value is -2.96. The molecule has 0 bridgehead atoms. The topological polar surface area (TPSA) is 75.0 Å². The second kappa shape index (κ2) is 9.03. The number of hydrogen-bond acceptors (Lipinski definition) is 4. The molecule has 0 radical (unpaired) electrons. The van der Waals surface area contributed by atoms with Gasteiger partial charge < -0.3 is 24.3 Å². The molecule has 0 unspecified atom stereocenters. The van der Waals surface area contributed by atoms with E-state index < -0.39 is 0 Å². The van der Waals surface area contributed by atoms with Crippen LogP contribution in [0.4, 0.5) is 4.79 Å². The highest BCUT2D eigenvalue weighted by atomic mass is 16.5. The molecule has 1 aromatic heterocycles. The van der Waals surface area contributed by atoms with Crippen LogP contribution in [0, 0.1) is 0 Å². The minimum absolute atomic E-state index is 0.00310. The summed E-state index contributed by atoms with van der Waals surface area (Å²) in [6.45, 7) is 3.26. The molecular weight excluding hydrogens is 370 g/mol. The second-order valence-electron chi connectivity index (χ2n) is 7.54. The minimum atomic E-state index is -0.0931. The number of amides is 3. The molecule has 3 heterocycles. The van der Waals surface area contributed by atoms with E-state index in [4.69, 9.17) is 9.15 Å². The lowest BCUT2D eigenvalue weighted by Gasteiger charge is -2.32. The number of nitrogens with one attached hydrogen (secondary N) is 1. The number of ether oxygens (including phenoxy) is 1. The van der Waals surface area contributed by atoms with Gasteiger partial charge in [-0.2, -0.15) is 0 Å². The summed E-state index contributed by atoms with van der Waals surface area (Å²) >= 11 is 0. The highest BCUT2D eigenvalue weighted by Crippen LogP contribution is 2.25. The molecule has 2 aromatic rings. The van der Waals surface area contributed by atoms with Gasteiger partial charge in [-0.15, -0.1) is 0 Å². The Labute approximate surface area is 170 Å². The third-order valence-corrected chi connectivity index (χ3v) is 5.53. The third-order valence-electron chi connectivity index (χ3n) is 5.53. The van der Waals surface area contributed by atoms with Gasteiger partial charge in [0, 0.05) is 39.0 Å². The maximum Gasteiger partial charge on any atom is 0.317 e. The number of likely N-dealkylation sites (tertiary alicyclic amines) is 2. The highest BCUT2D eigenvalue weighted by molar-refractivity contribution is 5.97. The van der Waals surface area contributed by atoms with Crippen LogP contribution in [-0.2, 0) is 6.54 Å². The summed E-state index contributed by atoms with van der Waals surface area (Å²) in [7, 11) is 0. The molecule has 7 heteroatoms. The molecule has 7 nitrogen and oxygen atoms in total. The van der Waals surface area contributed by atoms with Gasteiger partial charge in [-0.1, -0.05) is 12.1 Å². The molecule has 0 spiro atoms. The van der Waals surface area contributed by atoms with Crippen molar-refractivity contribution in [2.24, 2.45) is 0 Å². The third kappa shape index (κ3) is 4.72. The van der Waals surface area contributed by atoms with Crippen LogP contribution in [0.3, 0.4) is 0 Å². The van der Waals surface area contributed by atoms with Gasteiger partial charge in [0.1, 0.15) is 17.6 Å². The SMILES string of the molecule is O=C(NCc1ccco1)N1CCC(Oc2ccccc2C(=O)N2CCCC2)CC1. The molecule has 2 fully saturated rings. The zero-order valence-corrected chi connectivity index (χ0v) is 16.5. The Kier molecular flexibility index (Phi) is 6.03. The average molecular weight is 397 g/mol. The molecule has 2 saturated heterocycles. The summed E-state index contributed by atoms with van der Waals surface area (Å²) in [4.78, 5) is 28.8. The lowest BCUT2D eigenvalue weighted by Crippen LogP contribution is -2.46. The van der Waals surface area contributed by atoms with Crippen molar-refractivity contribution in [3.8, 4) is 5.75 Å². The number of rotatable bonds is 5. The number of benzene rings is 1. The number of para-hydroxylation sites is 1. The van der Waals surface area contributed by atoms with Crippen molar-refractivity contribution >= 4 is 11.9 Å². The van der Waals surface area contributed by atoms with E-state index in [2.05, 4.69) is 5.32 Å². The zero-order chi connectivity index (χ0) is 20.1. The maximum atomic E-state index is 12.8. The molecular formula is C22H27N3O4. The highest BCUT2D eigenvalue weighted by Gasteiger charge is 2.27. The molecule has 1 aromatic carbocycles. The summed E-state index contributed by atoms with van der Waals surface area (Å²) in [5, 5.41) is 2.88. The summed E-state index contributed by atoms with van der Waals surface area (Å²) in [5.41, 5.74) is 0.632. The van der Waals surface area contributed by atoms with Crippen molar-refractivity contribution in [2.45, 2.75) is 38.3 Å². The molecule has 154 valence electrons. The van der Waals surface area contributed by atoms with Gasteiger partial charge >= 0.3 is 6.03 Å². The first-order valence-electron chi connectivity index (χ1n) is 10.3. The lowest BCUT2D eigenvalue weighted by atomic mass is 10.1. The Morgan fingerprint density at radius 2 is 1.76 bits per heavy atom. The number of hydrogen-bond donors (Lipinski definition) is 1. The smallest absolute Gasteiger partial charge is 0.317 e. The van der Waals surface area contributed by atoms with Gasteiger partial charge in [-0.25, -0.2) is 4.79 Å². The zero-order valence-electron chi connectivity index (χ0n) is 16.5. The van der Waals surface area contributed by atoms with Gasteiger partial charge in [-0.3, -0.25) is 4.79 Å². The monoisotopic (exact) mass is 397 g/mol. The van der Waals surface area contributed by atoms with Gasteiger partial charge in [0.05, 0.1) is 18.4 Å². The van der Waals surface area contributed by atoms with Crippen LogP contribution in [0.2, 0.25) is 0 Å². The standard InChI is InChI=1S/C22H27N3O4/c26-21(24-11-3-4-12-24)19-7-1-2-8-20(19)29-17-9-13-25(14-10-17)22(27)23-16-18-6-5-15-28-18/h1-2,5-8,15,17H,3-4,9-14,16H2,(H,23,27). The second-order valence-corrected chi connectivity index (χ2v) is 7.54. The number of urea groups is 1. The molecule has 0 saturated carbocycles. The Bertz CT molecular complexity index is 822. The summed E-state index contributed by atoms with van der Waals surface area (Å²) < 4.78 is 11.4. The Balaban J connectivity index is 1.29.